The molecule has 3 nitrogen and oxygen atoms in total. The largest absolute Gasteiger partial charge is 0.454 e. The number of hydrogen-bond donors (Lipinski definition) is 1. The quantitative estimate of drug-likeness (QED) is 0.722. The van der Waals surface area contributed by atoms with E-state index >= 15 is 0 Å². The first-order valence-electron chi connectivity index (χ1n) is 2.85. The van der Waals surface area contributed by atoms with Gasteiger partial charge in [0.15, 0.2) is 0 Å². The summed E-state index contributed by atoms with van der Waals surface area (Å²) < 4.78 is 79.7. The Morgan fingerprint density at radius 2 is 1.54 bits per heavy atom. The number of rotatable bonds is 3. The molecule has 0 aliphatic rings. The van der Waals surface area contributed by atoms with Gasteiger partial charge in [-0.25, -0.2) is 13.1 Å². The van der Waals surface area contributed by atoms with Crippen LogP contribution in [0.4, 0.5) is 22.0 Å². The van der Waals surface area contributed by atoms with Crippen molar-refractivity contribution in [3.8, 4) is 0 Å². The minimum absolute atomic E-state index is 0.486. The van der Waals surface area contributed by atoms with Crippen LogP contribution in [-0.4, -0.2) is 33.3 Å². The first kappa shape index (κ1) is 12.6. The topological polar surface area (TPSA) is 46.2 Å². The normalized spacial score (nSPS) is 14.6. The van der Waals surface area contributed by atoms with Crippen molar-refractivity contribution in [1.82, 2.24) is 4.72 Å². The summed E-state index contributed by atoms with van der Waals surface area (Å²) in [5.41, 5.74) is 0. The Kier molecular flexibility index (Phi) is 3.26. The molecule has 0 heterocycles. The molecule has 80 valence electrons. The number of nitrogens with one attached hydrogen (secondary N) is 1. The average molecular weight is 227 g/mol. The second-order valence-electron chi connectivity index (χ2n) is 2.30. The van der Waals surface area contributed by atoms with Crippen molar-refractivity contribution in [2.75, 3.05) is 12.8 Å². The molecule has 13 heavy (non-hydrogen) atoms. The van der Waals surface area contributed by atoms with Crippen LogP contribution < -0.4 is 4.72 Å². The molecule has 0 saturated heterocycles. The van der Waals surface area contributed by atoms with Crippen molar-refractivity contribution in [2.24, 2.45) is 0 Å². The zero-order chi connectivity index (χ0) is 10.9. The van der Waals surface area contributed by atoms with Gasteiger partial charge in [0.05, 0.1) is 12.8 Å². The highest BCUT2D eigenvalue weighted by Crippen LogP contribution is 2.34. The summed E-state index contributed by atoms with van der Waals surface area (Å²) in [6, 6.07) is 0. The molecule has 0 aromatic rings. The van der Waals surface area contributed by atoms with Crippen LogP contribution in [0.1, 0.15) is 0 Å². The molecule has 0 aliphatic heterocycles. The van der Waals surface area contributed by atoms with Crippen LogP contribution in [0.5, 0.6) is 0 Å². The van der Waals surface area contributed by atoms with Gasteiger partial charge in [-0.2, -0.15) is 22.0 Å². The van der Waals surface area contributed by atoms with Crippen LogP contribution in [-0.2, 0) is 10.0 Å². The molecular formula is C4H6F5NO2S. The smallest absolute Gasteiger partial charge is 0.213 e. The van der Waals surface area contributed by atoms with Crippen molar-refractivity contribution in [2.45, 2.75) is 12.1 Å². The molecule has 0 saturated carbocycles. The third kappa shape index (κ3) is 4.36. The molecule has 0 spiro atoms. The van der Waals surface area contributed by atoms with Gasteiger partial charge in [0.2, 0.25) is 10.0 Å². The summed E-state index contributed by atoms with van der Waals surface area (Å²) in [6.45, 7) is -1.98. The van der Waals surface area contributed by atoms with Gasteiger partial charge >= 0.3 is 12.1 Å². The van der Waals surface area contributed by atoms with E-state index < -0.39 is 28.7 Å². The molecule has 0 rings (SSSR count). The Morgan fingerprint density at radius 3 is 1.77 bits per heavy atom. The number of alkyl halides is 5. The van der Waals surface area contributed by atoms with Crippen LogP contribution in [0.25, 0.3) is 0 Å². The molecule has 0 aliphatic carbocycles. The molecule has 0 amide bonds. The average Bonchev–Trinajstić information content (AvgIpc) is 1.79. The van der Waals surface area contributed by atoms with E-state index in [4.69, 9.17) is 0 Å². The second-order valence-corrected chi connectivity index (χ2v) is 4.13. The highest BCUT2D eigenvalue weighted by atomic mass is 32.2. The van der Waals surface area contributed by atoms with Crippen LogP contribution in [0.3, 0.4) is 0 Å². The highest BCUT2D eigenvalue weighted by molar-refractivity contribution is 7.88. The van der Waals surface area contributed by atoms with Gasteiger partial charge in [-0.1, -0.05) is 0 Å². The molecule has 0 fully saturated rings. The molecule has 0 aromatic carbocycles. The molecule has 0 bridgehead atoms. The van der Waals surface area contributed by atoms with E-state index in [1.54, 1.807) is 0 Å². The van der Waals surface area contributed by atoms with E-state index in [1.807, 2.05) is 0 Å². The Bertz CT molecular complexity index is 269. The van der Waals surface area contributed by atoms with Crippen molar-refractivity contribution >= 4 is 10.0 Å². The molecular weight excluding hydrogens is 221 g/mol. The van der Waals surface area contributed by atoms with E-state index in [0.29, 0.717) is 6.26 Å². The van der Waals surface area contributed by atoms with E-state index in [9.17, 15) is 30.4 Å². The summed E-state index contributed by atoms with van der Waals surface area (Å²) in [5.74, 6) is -5.05. The molecule has 0 atom stereocenters. The van der Waals surface area contributed by atoms with Crippen LogP contribution in [0.15, 0.2) is 0 Å². The Morgan fingerprint density at radius 1 is 1.15 bits per heavy atom. The second kappa shape index (κ2) is 3.37. The van der Waals surface area contributed by atoms with Gasteiger partial charge in [-0.05, 0) is 0 Å². The van der Waals surface area contributed by atoms with Gasteiger partial charge in [0.25, 0.3) is 0 Å². The van der Waals surface area contributed by atoms with Gasteiger partial charge in [-0.15, -0.1) is 0 Å². The standard InChI is InChI=1S/C4H6F5NO2S/c1-13(11,12)10-2-3(5,6)4(7,8)9/h10H,2H2,1H3. The number of halogens is 5. The van der Waals surface area contributed by atoms with Crippen molar-refractivity contribution in [3.63, 3.8) is 0 Å². The predicted molar refractivity (Wildman–Crippen MR) is 33.8 cm³/mol. The summed E-state index contributed by atoms with van der Waals surface area (Å²) in [4.78, 5) is 0. The first-order valence-corrected chi connectivity index (χ1v) is 4.74. The lowest BCUT2D eigenvalue weighted by Crippen LogP contribution is -2.46. The molecule has 1 N–H and O–H groups in total. The maximum Gasteiger partial charge on any atom is 0.454 e. The maximum atomic E-state index is 12.0. The Hall–Kier alpha value is -0.440. The fourth-order valence-corrected chi connectivity index (χ4v) is 0.765. The molecule has 0 unspecified atom stereocenters. The van der Waals surface area contributed by atoms with Gasteiger partial charge in [0, 0.05) is 0 Å². The predicted octanol–water partition coefficient (Wildman–Crippen LogP) is 0.733. The van der Waals surface area contributed by atoms with Crippen LogP contribution >= 0.6 is 0 Å². The van der Waals surface area contributed by atoms with E-state index in [-0.39, 0.29) is 0 Å². The summed E-state index contributed by atoms with van der Waals surface area (Å²) in [5, 5.41) is 0. The van der Waals surface area contributed by atoms with Crippen LogP contribution in [0, 0.1) is 0 Å². The highest BCUT2D eigenvalue weighted by Gasteiger charge is 2.57. The van der Waals surface area contributed by atoms with Crippen molar-refractivity contribution in [1.29, 1.82) is 0 Å². The lowest BCUT2D eigenvalue weighted by molar-refractivity contribution is -0.277. The first-order chi connectivity index (χ1) is 5.46. The number of sulfonamides is 1. The van der Waals surface area contributed by atoms with Gasteiger partial charge < -0.3 is 0 Å². The minimum Gasteiger partial charge on any atom is -0.213 e. The fraction of sp³-hybridized carbons (Fsp3) is 1.00. The summed E-state index contributed by atoms with van der Waals surface area (Å²) >= 11 is 0. The zero-order valence-corrected chi connectivity index (χ0v) is 7.14. The summed E-state index contributed by atoms with van der Waals surface area (Å²) in [6.07, 6.45) is -5.26. The third-order valence-corrected chi connectivity index (χ3v) is 1.64. The lowest BCUT2D eigenvalue weighted by Gasteiger charge is -2.18. The molecule has 0 radical (unpaired) electrons. The number of hydrogen-bond acceptors (Lipinski definition) is 2. The van der Waals surface area contributed by atoms with E-state index in [2.05, 4.69) is 0 Å². The van der Waals surface area contributed by atoms with Crippen molar-refractivity contribution in [3.05, 3.63) is 0 Å². The minimum atomic E-state index is -5.75. The monoisotopic (exact) mass is 227 g/mol. The Labute approximate surface area is 71.0 Å². The zero-order valence-electron chi connectivity index (χ0n) is 6.32. The molecule has 0 aromatic heterocycles. The fourth-order valence-electron chi connectivity index (χ4n) is 0.322. The summed E-state index contributed by atoms with van der Waals surface area (Å²) in [7, 11) is -4.05. The molecule has 9 heteroatoms. The lowest BCUT2D eigenvalue weighted by atomic mass is 10.3. The van der Waals surface area contributed by atoms with E-state index in [1.165, 1.54) is 0 Å². The van der Waals surface area contributed by atoms with Crippen molar-refractivity contribution < 1.29 is 30.4 Å². The maximum absolute atomic E-state index is 12.0. The van der Waals surface area contributed by atoms with Gasteiger partial charge in [-0.3, -0.25) is 0 Å². The van der Waals surface area contributed by atoms with Crippen LogP contribution in [0.2, 0.25) is 0 Å². The SMILES string of the molecule is CS(=O)(=O)NCC(F)(F)C(F)(F)F. The third-order valence-electron chi connectivity index (χ3n) is 0.971. The Balaban J connectivity index is 4.38. The van der Waals surface area contributed by atoms with E-state index in [0.717, 1.165) is 4.72 Å². The van der Waals surface area contributed by atoms with Gasteiger partial charge in [0.1, 0.15) is 0 Å².